The fraction of sp³-hybridized carbons (Fsp3) is 0.400. The number of carbonyl (C=O) groups is 1. The number of ether oxygens (including phenoxy) is 1. The number of aromatic amines is 1. The average molecular weight is 342 g/mol. The molecule has 0 aliphatic carbocycles. The van der Waals surface area contributed by atoms with Crippen molar-refractivity contribution < 1.29 is 9.53 Å². The Balaban J connectivity index is 1.97. The Hall–Kier alpha value is -2.56. The van der Waals surface area contributed by atoms with Crippen LogP contribution in [0.5, 0.6) is 5.75 Å². The standard InChI is InChI=1S/C20H26N2O3/c1-5-14(4)25-16-8-6-15(7-9-16)12-21-19(23)17-10-11-18(13(2)3)22-20(17)24/h6-11,13-14H,5,12H2,1-4H3,(H,21,23)(H,22,24). The summed E-state index contributed by atoms with van der Waals surface area (Å²) < 4.78 is 5.73. The molecule has 0 bridgehead atoms. The number of carbonyl (C=O) groups excluding carboxylic acids is 1. The van der Waals surface area contributed by atoms with E-state index in [0.717, 1.165) is 23.4 Å². The molecule has 0 aliphatic heterocycles. The van der Waals surface area contributed by atoms with Crippen LogP contribution in [-0.4, -0.2) is 17.0 Å². The minimum atomic E-state index is -0.378. The van der Waals surface area contributed by atoms with Gasteiger partial charge in [-0.3, -0.25) is 9.59 Å². The van der Waals surface area contributed by atoms with Crippen LogP contribution in [0.4, 0.5) is 0 Å². The molecule has 0 radical (unpaired) electrons. The van der Waals surface area contributed by atoms with Gasteiger partial charge in [-0.15, -0.1) is 0 Å². The molecule has 1 aromatic carbocycles. The van der Waals surface area contributed by atoms with E-state index in [1.165, 1.54) is 0 Å². The number of H-pyrrole nitrogens is 1. The molecule has 0 saturated carbocycles. The van der Waals surface area contributed by atoms with Crippen LogP contribution in [0, 0.1) is 0 Å². The zero-order chi connectivity index (χ0) is 18.4. The van der Waals surface area contributed by atoms with Gasteiger partial charge in [0.25, 0.3) is 11.5 Å². The van der Waals surface area contributed by atoms with E-state index < -0.39 is 0 Å². The molecule has 0 spiro atoms. The lowest BCUT2D eigenvalue weighted by Gasteiger charge is -2.13. The molecule has 1 heterocycles. The summed E-state index contributed by atoms with van der Waals surface area (Å²) in [4.78, 5) is 27.0. The van der Waals surface area contributed by atoms with E-state index in [9.17, 15) is 9.59 Å². The van der Waals surface area contributed by atoms with E-state index in [0.29, 0.717) is 6.54 Å². The largest absolute Gasteiger partial charge is 0.491 e. The number of aromatic nitrogens is 1. The number of benzene rings is 1. The van der Waals surface area contributed by atoms with Crippen molar-refractivity contribution in [1.29, 1.82) is 0 Å². The van der Waals surface area contributed by atoms with Crippen molar-refractivity contribution in [3.63, 3.8) is 0 Å². The summed E-state index contributed by atoms with van der Waals surface area (Å²) in [5, 5.41) is 2.78. The molecule has 134 valence electrons. The van der Waals surface area contributed by atoms with Crippen LogP contribution in [0.25, 0.3) is 0 Å². The lowest BCUT2D eigenvalue weighted by Crippen LogP contribution is -2.29. The highest BCUT2D eigenvalue weighted by Gasteiger charge is 2.11. The van der Waals surface area contributed by atoms with E-state index in [2.05, 4.69) is 17.2 Å². The van der Waals surface area contributed by atoms with Gasteiger partial charge < -0.3 is 15.0 Å². The molecular formula is C20H26N2O3. The lowest BCUT2D eigenvalue weighted by molar-refractivity contribution is 0.0949. The Morgan fingerprint density at radius 2 is 1.80 bits per heavy atom. The van der Waals surface area contributed by atoms with Crippen molar-refractivity contribution in [2.75, 3.05) is 0 Å². The van der Waals surface area contributed by atoms with Gasteiger partial charge in [-0.05, 0) is 49.1 Å². The quantitative estimate of drug-likeness (QED) is 0.807. The van der Waals surface area contributed by atoms with Crippen LogP contribution in [0.15, 0.2) is 41.2 Å². The van der Waals surface area contributed by atoms with E-state index in [-0.39, 0.29) is 29.1 Å². The van der Waals surface area contributed by atoms with Gasteiger partial charge in [0, 0.05) is 12.2 Å². The van der Waals surface area contributed by atoms with Crippen LogP contribution in [-0.2, 0) is 6.54 Å². The molecular weight excluding hydrogens is 316 g/mol. The topological polar surface area (TPSA) is 71.2 Å². The molecule has 2 rings (SSSR count). The fourth-order valence-corrected chi connectivity index (χ4v) is 2.28. The number of amides is 1. The zero-order valence-corrected chi connectivity index (χ0v) is 15.3. The Morgan fingerprint density at radius 1 is 1.12 bits per heavy atom. The van der Waals surface area contributed by atoms with Gasteiger partial charge in [-0.2, -0.15) is 0 Å². The number of hydrogen-bond donors (Lipinski definition) is 2. The second-order valence-corrected chi connectivity index (χ2v) is 6.47. The summed E-state index contributed by atoms with van der Waals surface area (Å²) in [6.45, 7) is 8.42. The minimum absolute atomic E-state index is 0.126. The molecule has 1 amide bonds. The summed E-state index contributed by atoms with van der Waals surface area (Å²) in [7, 11) is 0. The molecule has 5 heteroatoms. The van der Waals surface area contributed by atoms with Gasteiger partial charge in [0.05, 0.1) is 6.10 Å². The van der Waals surface area contributed by atoms with Gasteiger partial charge in [0.1, 0.15) is 11.3 Å². The predicted octanol–water partition coefficient (Wildman–Crippen LogP) is 3.61. The van der Waals surface area contributed by atoms with Crippen LogP contribution < -0.4 is 15.6 Å². The van der Waals surface area contributed by atoms with Gasteiger partial charge in [-0.25, -0.2) is 0 Å². The highest BCUT2D eigenvalue weighted by atomic mass is 16.5. The molecule has 0 saturated heterocycles. The van der Waals surface area contributed by atoms with Gasteiger partial charge in [0.2, 0.25) is 0 Å². The Labute approximate surface area is 148 Å². The summed E-state index contributed by atoms with van der Waals surface area (Å²) in [5.41, 5.74) is 1.53. The molecule has 2 aromatic rings. The number of nitrogens with one attached hydrogen (secondary N) is 2. The van der Waals surface area contributed by atoms with Crippen LogP contribution in [0.1, 0.15) is 61.6 Å². The SMILES string of the molecule is CCC(C)Oc1ccc(CNC(=O)c2ccc(C(C)C)[nH]c2=O)cc1. The predicted molar refractivity (Wildman–Crippen MR) is 99.1 cm³/mol. The number of hydrogen-bond acceptors (Lipinski definition) is 3. The number of rotatable bonds is 7. The average Bonchev–Trinajstić information content (AvgIpc) is 2.60. The molecule has 25 heavy (non-hydrogen) atoms. The molecule has 1 aromatic heterocycles. The minimum Gasteiger partial charge on any atom is -0.491 e. The van der Waals surface area contributed by atoms with E-state index in [4.69, 9.17) is 4.74 Å². The Bertz CT molecular complexity index is 763. The zero-order valence-electron chi connectivity index (χ0n) is 15.3. The third-order valence-corrected chi connectivity index (χ3v) is 4.09. The lowest BCUT2D eigenvalue weighted by atomic mass is 10.1. The number of pyridine rings is 1. The second-order valence-electron chi connectivity index (χ2n) is 6.47. The van der Waals surface area contributed by atoms with E-state index in [1.807, 2.05) is 45.0 Å². The van der Waals surface area contributed by atoms with Crippen molar-refractivity contribution in [3.8, 4) is 5.75 Å². The summed E-state index contributed by atoms with van der Waals surface area (Å²) in [6.07, 6.45) is 1.12. The second kappa shape index (κ2) is 8.51. The van der Waals surface area contributed by atoms with Crippen molar-refractivity contribution in [2.24, 2.45) is 0 Å². The van der Waals surface area contributed by atoms with Crippen molar-refractivity contribution in [3.05, 3.63) is 63.6 Å². The normalized spacial score (nSPS) is 12.0. The van der Waals surface area contributed by atoms with Crippen LogP contribution in [0.3, 0.4) is 0 Å². The van der Waals surface area contributed by atoms with E-state index in [1.54, 1.807) is 12.1 Å². The maximum Gasteiger partial charge on any atom is 0.261 e. The summed E-state index contributed by atoms with van der Waals surface area (Å²) in [5.74, 6) is 0.641. The molecule has 0 aliphatic rings. The van der Waals surface area contributed by atoms with Gasteiger partial charge in [-0.1, -0.05) is 32.9 Å². The fourth-order valence-electron chi connectivity index (χ4n) is 2.28. The molecule has 5 nitrogen and oxygen atoms in total. The third kappa shape index (κ3) is 5.21. The first kappa shape index (κ1) is 18.8. The van der Waals surface area contributed by atoms with Crippen molar-refractivity contribution in [2.45, 2.75) is 52.7 Å². The van der Waals surface area contributed by atoms with Crippen LogP contribution in [0.2, 0.25) is 0 Å². The Kier molecular flexibility index (Phi) is 6.39. The smallest absolute Gasteiger partial charge is 0.261 e. The first-order chi connectivity index (χ1) is 11.9. The maximum absolute atomic E-state index is 12.2. The molecule has 1 atom stereocenters. The first-order valence-electron chi connectivity index (χ1n) is 8.67. The van der Waals surface area contributed by atoms with E-state index >= 15 is 0 Å². The Morgan fingerprint density at radius 3 is 2.36 bits per heavy atom. The highest BCUT2D eigenvalue weighted by Crippen LogP contribution is 2.15. The van der Waals surface area contributed by atoms with Crippen molar-refractivity contribution >= 4 is 5.91 Å². The summed E-state index contributed by atoms with van der Waals surface area (Å²) in [6, 6.07) is 10.9. The first-order valence-corrected chi connectivity index (χ1v) is 8.67. The van der Waals surface area contributed by atoms with Crippen LogP contribution >= 0.6 is 0 Å². The maximum atomic E-state index is 12.2. The molecule has 2 N–H and O–H groups in total. The van der Waals surface area contributed by atoms with Gasteiger partial charge >= 0.3 is 0 Å². The summed E-state index contributed by atoms with van der Waals surface area (Å²) >= 11 is 0. The third-order valence-electron chi connectivity index (χ3n) is 4.09. The highest BCUT2D eigenvalue weighted by molar-refractivity contribution is 5.93. The molecule has 0 fully saturated rings. The van der Waals surface area contributed by atoms with Gasteiger partial charge in [0.15, 0.2) is 0 Å². The molecule has 1 unspecified atom stereocenters. The van der Waals surface area contributed by atoms with Crippen molar-refractivity contribution in [1.82, 2.24) is 10.3 Å². The monoisotopic (exact) mass is 342 g/mol.